The van der Waals surface area contributed by atoms with Crippen molar-refractivity contribution in [2.24, 2.45) is 0 Å². The summed E-state index contributed by atoms with van der Waals surface area (Å²) in [7, 11) is 0. The number of rotatable bonds is 5. The van der Waals surface area contributed by atoms with Gasteiger partial charge in [0.15, 0.2) is 11.5 Å². The number of fused-ring (bicyclic) bond motifs is 1. The second-order valence-corrected chi connectivity index (χ2v) is 6.52. The maximum Gasteiger partial charge on any atom is 0.311 e. The van der Waals surface area contributed by atoms with E-state index in [1.807, 2.05) is 25.1 Å². The number of piperazine rings is 1. The van der Waals surface area contributed by atoms with Crippen LogP contribution in [0.1, 0.15) is 18.9 Å². The van der Waals surface area contributed by atoms with E-state index in [4.69, 9.17) is 14.6 Å². The van der Waals surface area contributed by atoms with E-state index in [1.54, 1.807) is 4.90 Å². The van der Waals surface area contributed by atoms with Crippen molar-refractivity contribution in [3.63, 3.8) is 0 Å². The van der Waals surface area contributed by atoms with Gasteiger partial charge in [-0.15, -0.1) is 0 Å². The number of hydrogen-bond donors (Lipinski definition) is 2. The highest BCUT2D eigenvalue weighted by molar-refractivity contribution is 6.35. The summed E-state index contributed by atoms with van der Waals surface area (Å²) < 4.78 is 10.7. The second kappa shape index (κ2) is 8.37. The highest BCUT2D eigenvalue weighted by Crippen LogP contribution is 2.32. The zero-order valence-electron chi connectivity index (χ0n) is 14.9. The van der Waals surface area contributed by atoms with Gasteiger partial charge in [0.1, 0.15) is 0 Å². The van der Waals surface area contributed by atoms with Crippen molar-refractivity contribution >= 4 is 11.8 Å². The number of benzene rings is 1. The molecule has 0 aliphatic carbocycles. The van der Waals surface area contributed by atoms with Gasteiger partial charge >= 0.3 is 11.8 Å². The third-order valence-corrected chi connectivity index (χ3v) is 4.75. The van der Waals surface area contributed by atoms with E-state index in [1.165, 1.54) is 0 Å². The van der Waals surface area contributed by atoms with E-state index in [9.17, 15) is 9.59 Å². The molecule has 1 unspecified atom stereocenters. The quantitative estimate of drug-likeness (QED) is 0.713. The summed E-state index contributed by atoms with van der Waals surface area (Å²) >= 11 is 0. The molecule has 3 rings (SSSR count). The van der Waals surface area contributed by atoms with Gasteiger partial charge in [0.05, 0.1) is 12.6 Å². The summed E-state index contributed by atoms with van der Waals surface area (Å²) in [6.45, 7) is 5.11. The molecule has 1 saturated heterocycles. The number of nitrogens with zero attached hydrogens (tertiary/aromatic N) is 2. The van der Waals surface area contributed by atoms with Crippen LogP contribution in [0, 0.1) is 0 Å². The molecule has 2 aliphatic heterocycles. The number of nitrogens with one attached hydrogen (secondary N) is 1. The van der Waals surface area contributed by atoms with Gasteiger partial charge in [-0.05, 0) is 24.1 Å². The number of hydrogen-bond acceptors (Lipinski definition) is 6. The smallest absolute Gasteiger partial charge is 0.311 e. The maximum absolute atomic E-state index is 12.2. The Bertz CT molecular complexity index is 654. The van der Waals surface area contributed by atoms with E-state index >= 15 is 0 Å². The molecular weight excluding hydrogens is 338 g/mol. The van der Waals surface area contributed by atoms with Gasteiger partial charge in [0.2, 0.25) is 6.79 Å². The Labute approximate surface area is 152 Å². The average molecular weight is 363 g/mol. The van der Waals surface area contributed by atoms with Crippen molar-refractivity contribution in [3.05, 3.63) is 23.8 Å². The number of aliphatic hydroxyl groups excluding tert-OH is 1. The predicted molar refractivity (Wildman–Crippen MR) is 93.7 cm³/mol. The van der Waals surface area contributed by atoms with Crippen LogP contribution in [0.15, 0.2) is 18.2 Å². The Morgan fingerprint density at radius 1 is 1.19 bits per heavy atom. The molecule has 142 valence electrons. The van der Waals surface area contributed by atoms with Gasteiger partial charge in [0, 0.05) is 32.7 Å². The molecule has 1 atom stereocenters. The molecule has 0 radical (unpaired) electrons. The molecule has 0 saturated carbocycles. The number of ether oxygens (including phenoxy) is 2. The van der Waals surface area contributed by atoms with Crippen LogP contribution in [0.3, 0.4) is 0 Å². The summed E-state index contributed by atoms with van der Waals surface area (Å²) in [4.78, 5) is 28.0. The van der Waals surface area contributed by atoms with Gasteiger partial charge < -0.3 is 24.8 Å². The minimum Gasteiger partial charge on any atom is -0.454 e. The average Bonchev–Trinajstić information content (AvgIpc) is 3.13. The van der Waals surface area contributed by atoms with Crippen LogP contribution in [-0.4, -0.2) is 72.3 Å². The number of carbonyl (C=O) groups excluding carboxylic acids is 2. The van der Waals surface area contributed by atoms with Gasteiger partial charge in [-0.25, -0.2) is 0 Å². The lowest BCUT2D eigenvalue weighted by Gasteiger charge is -2.34. The van der Waals surface area contributed by atoms with Crippen LogP contribution < -0.4 is 14.8 Å². The van der Waals surface area contributed by atoms with Crippen molar-refractivity contribution in [2.75, 3.05) is 39.6 Å². The Balaban J connectivity index is 1.48. The van der Waals surface area contributed by atoms with Crippen molar-refractivity contribution in [3.8, 4) is 11.5 Å². The van der Waals surface area contributed by atoms with Crippen LogP contribution in [0.5, 0.6) is 11.5 Å². The fourth-order valence-electron chi connectivity index (χ4n) is 3.07. The molecule has 8 nitrogen and oxygen atoms in total. The van der Waals surface area contributed by atoms with Crippen molar-refractivity contribution < 1.29 is 24.2 Å². The third-order valence-electron chi connectivity index (χ3n) is 4.75. The SMILES string of the molecule is CCC(CO)NC(=O)C(=O)N1CCN(Cc2ccc3c(c2)OCO3)CC1. The number of amides is 2. The largest absolute Gasteiger partial charge is 0.454 e. The molecule has 0 bridgehead atoms. The summed E-state index contributed by atoms with van der Waals surface area (Å²) in [6, 6.07) is 5.53. The Kier molecular flexibility index (Phi) is 5.95. The molecule has 1 fully saturated rings. The standard InChI is InChI=1S/C18H25N3O5/c1-2-14(11-22)19-17(23)18(24)21-7-5-20(6-8-21)10-13-3-4-15-16(9-13)26-12-25-15/h3-4,9,14,22H,2,5-8,10-12H2,1H3,(H,19,23). The maximum atomic E-state index is 12.2. The van der Waals surface area contributed by atoms with E-state index in [2.05, 4.69) is 10.2 Å². The first kappa shape index (κ1) is 18.5. The third kappa shape index (κ3) is 4.25. The molecule has 8 heteroatoms. The van der Waals surface area contributed by atoms with Gasteiger partial charge in [-0.1, -0.05) is 13.0 Å². The van der Waals surface area contributed by atoms with E-state index < -0.39 is 11.8 Å². The zero-order chi connectivity index (χ0) is 18.5. The Hall–Kier alpha value is -2.32. The Morgan fingerprint density at radius 2 is 1.92 bits per heavy atom. The molecule has 2 aliphatic rings. The molecule has 2 amide bonds. The highest BCUT2D eigenvalue weighted by Gasteiger charge is 2.27. The highest BCUT2D eigenvalue weighted by atomic mass is 16.7. The van der Waals surface area contributed by atoms with Crippen LogP contribution in [0.4, 0.5) is 0 Å². The number of carbonyl (C=O) groups is 2. The molecule has 0 spiro atoms. The minimum absolute atomic E-state index is 0.168. The monoisotopic (exact) mass is 363 g/mol. The van der Waals surface area contributed by atoms with Crippen molar-refractivity contribution in [1.29, 1.82) is 0 Å². The lowest BCUT2D eigenvalue weighted by molar-refractivity contribution is -0.147. The fraction of sp³-hybridized carbons (Fsp3) is 0.556. The van der Waals surface area contributed by atoms with Gasteiger partial charge in [0.25, 0.3) is 0 Å². The number of aliphatic hydroxyl groups is 1. The topological polar surface area (TPSA) is 91.3 Å². The summed E-state index contributed by atoms with van der Waals surface area (Å²) in [5.74, 6) is 0.362. The first-order valence-electron chi connectivity index (χ1n) is 8.92. The van der Waals surface area contributed by atoms with Crippen molar-refractivity contribution in [2.45, 2.75) is 25.9 Å². The van der Waals surface area contributed by atoms with Gasteiger partial charge in [-0.2, -0.15) is 0 Å². The van der Waals surface area contributed by atoms with E-state index in [0.717, 1.165) is 23.6 Å². The zero-order valence-corrected chi connectivity index (χ0v) is 14.9. The summed E-state index contributed by atoms with van der Waals surface area (Å²) in [5, 5.41) is 11.7. The first-order valence-corrected chi connectivity index (χ1v) is 8.92. The summed E-state index contributed by atoms with van der Waals surface area (Å²) in [6.07, 6.45) is 0.582. The fourth-order valence-corrected chi connectivity index (χ4v) is 3.07. The molecule has 2 heterocycles. The molecule has 1 aromatic rings. The minimum atomic E-state index is -0.643. The van der Waals surface area contributed by atoms with Crippen molar-refractivity contribution in [1.82, 2.24) is 15.1 Å². The van der Waals surface area contributed by atoms with E-state index in [0.29, 0.717) is 32.6 Å². The normalized spacial score (nSPS) is 17.8. The van der Waals surface area contributed by atoms with E-state index in [-0.39, 0.29) is 19.4 Å². The van der Waals surface area contributed by atoms with Crippen LogP contribution in [0.25, 0.3) is 0 Å². The molecule has 0 aromatic heterocycles. The molecule has 26 heavy (non-hydrogen) atoms. The second-order valence-electron chi connectivity index (χ2n) is 6.52. The lowest BCUT2D eigenvalue weighted by atomic mass is 10.1. The molecule has 1 aromatic carbocycles. The lowest BCUT2D eigenvalue weighted by Crippen LogP contribution is -2.53. The van der Waals surface area contributed by atoms with Crippen LogP contribution in [0.2, 0.25) is 0 Å². The Morgan fingerprint density at radius 3 is 2.62 bits per heavy atom. The summed E-state index contributed by atoms with van der Waals surface area (Å²) in [5.41, 5.74) is 1.13. The predicted octanol–water partition coefficient (Wildman–Crippen LogP) is -0.0534. The molecular formula is C18H25N3O5. The van der Waals surface area contributed by atoms with Gasteiger partial charge in [-0.3, -0.25) is 14.5 Å². The molecule has 2 N–H and O–H groups in total. The van der Waals surface area contributed by atoms with Crippen LogP contribution in [-0.2, 0) is 16.1 Å². The van der Waals surface area contributed by atoms with Crippen LogP contribution >= 0.6 is 0 Å². The first-order chi connectivity index (χ1) is 12.6.